The van der Waals surface area contributed by atoms with Crippen LogP contribution >= 0.6 is 23.1 Å². The van der Waals surface area contributed by atoms with Gasteiger partial charge in [-0.15, -0.1) is 21.5 Å². The Hall–Kier alpha value is -3.44. The van der Waals surface area contributed by atoms with Crippen molar-refractivity contribution in [2.24, 2.45) is 5.92 Å². The number of nitrogens with zero attached hydrogens (tertiary/aromatic N) is 5. The Kier molecular flexibility index (Phi) is 7.47. The molecule has 0 saturated carbocycles. The van der Waals surface area contributed by atoms with Crippen LogP contribution in [0.25, 0.3) is 16.4 Å². The zero-order valence-electron chi connectivity index (χ0n) is 19.7. The minimum Gasteiger partial charge on any atom is -0.466 e. The number of para-hydroxylation sites is 1. The summed E-state index contributed by atoms with van der Waals surface area (Å²) >= 11 is 3.04. The van der Waals surface area contributed by atoms with E-state index in [0.29, 0.717) is 36.5 Å². The van der Waals surface area contributed by atoms with Crippen LogP contribution in [0.4, 0.5) is 0 Å². The lowest BCUT2D eigenvalue weighted by Crippen LogP contribution is -2.43. The molecule has 3 aromatic heterocycles. The number of thioether (sulfide) groups is 1. The molecule has 0 aliphatic carbocycles. The number of rotatable bonds is 8. The summed E-state index contributed by atoms with van der Waals surface area (Å²) in [5.74, 6) is 0.777. The SMILES string of the molecule is CCOC(=O)C1CCCN(C(=O)c2coc(CSc3nnc(-c4cccs4)n3-c3ccccc3)n2)C1. The van der Waals surface area contributed by atoms with Gasteiger partial charge in [-0.05, 0) is 43.3 Å². The summed E-state index contributed by atoms with van der Waals surface area (Å²) in [6, 6.07) is 13.9. The van der Waals surface area contributed by atoms with Crippen LogP contribution in [0.5, 0.6) is 0 Å². The van der Waals surface area contributed by atoms with E-state index in [0.717, 1.165) is 29.2 Å². The van der Waals surface area contributed by atoms with Gasteiger partial charge in [0, 0.05) is 18.8 Å². The Balaban J connectivity index is 1.29. The third kappa shape index (κ3) is 5.21. The molecule has 9 nitrogen and oxygen atoms in total. The predicted molar refractivity (Wildman–Crippen MR) is 136 cm³/mol. The number of carbonyl (C=O) groups is 2. The summed E-state index contributed by atoms with van der Waals surface area (Å²) in [4.78, 5) is 32.2. The van der Waals surface area contributed by atoms with Crippen molar-refractivity contribution in [2.75, 3.05) is 19.7 Å². The fourth-order valence-electron chi connectivity index (χ4n) is 4.12. The second-order valence-electron chi connectivity index (χ2n) is 8.21. The molecule has 1 aliphatic rings. The number of hydrogen-bond donors (Lipinski definition) is 0. The van der Waals surface area contributed by atoms with Crippen molar-refractivity contribution in [2.45, 2.75) is 30.7 Å². The lowest BCUT2D eigenvalue weighted by molar-refractivity contribution is -0.149. The number of piperidine rings is 1. The molecule has 1 saturated heterocycles. The van der Waals surface area contributed by atoms with Gasteiger partial charge in [-0.25, -0.2) is 4.98 Å². The Morgan fingerprint density at radius 3 is 2.83 bits per heavy atom. The second kappa shape index (κ2) is 11.1. The van der Waals surface area contributed by atoms with Crippen LogP contribution in [0.1, 0.15) is 36.1 Å². The normalized spacial score (nSPS) is 15.7. The number of amides is 1. The molecule has 4 heterocycles. The van der Waals surface area contributed by atoms with Gasteiger partial charge in [0.15, 0.2) is 16.7 Å². The molecule has 1 aliphatic heterocycles. The van der Waals surface area contributed by atoms with Gasteiger partial charge in [0.25, 0.3) is 5.91 Å². The van der Waals surface area contributed by atoms with E-state index in [1.54, 1.807) is 23.2 Å². The maximum atomic E-state index is 13.0. The quantitative estimate of drug-likeness (QED) is 0.242. The molecule has 0 radical (unpaired) electrons. The largest absolute Gasteiger partial charge is 0.466 e. The van der Waals surface area contributed by atoms with E-state index in [2.05, 4.69) is 15.2 Å². The van der Waals surface area contributed by atoms with Crippen LogP contribution in [-0.2, 0) is 15.3 Å². The van der Waals surface area contributed by atoms with Crippen LogP contribution in [0.3, 0.4) is 0 Å². The number of likely N-dealkylation sites (tertiary alicyclic amines) is 1. The first-order valence-corrected chi connectivity index (χ1v) is 13.6. The number of oxazole rings is 1. The van der Waals surface area contributed by atoms with E-state index in [-0.39, 0.29) is 23.5 Å². The average Bonchev–Trinajstić information content (AvgIpc) is 3.68. The van der Waals surface area contributed by atoms with Crippen molar-refractivity contribution >= 4 is 35.0 Å². The summed E-state index contributed by atoms with van der Waals surface area (Å²) < 4.78 is 12.8. The highest BCUT2D eigenvalue weighted by atomic mass is 32.2. The second-order valence-corrected chi connectivity index (χ2v) is 10.1. The molecule has 11 heteroatoms. The Morgan fingerprint density at radius 2 is 2.06 bits per heavy atom. The summed E-state index contributed by atoms with van der Waals surface area (Å²) in [6.45, 7) is 3.03. The molecule has 1 unspecified atom stereocenters. The maximum Gasteiger partial charge on any atom is 0.310 e. The molecular weight excluding hydrogens is 498 g/mol. The van der Waals surface area contributed by atoms with Gasteiger partial charge < -0.3 is 14.1 Å². The highest BCUT2D eigenvalue weighted by Gasteiger charge is 2.31. The number of aromatic nitrogens is 4. The molecule has 0 N–H and O–H groups in total. The zero-order chi connectivity index (χ0) is 24.9. The zero-order valence-corrected chi connectivity index (χ0v) is 21.3. The number of esters is 1. The van der Waals surface area contributed by atoms with Gasteiger partial charge in [0.1, 0.15) is 6.26 Å². The van der Waals surface area contributed by atoms with Crippen molar-refractivity contribution in [3.8, 4) is 16.4 Å². The maximum absolute atomic E-state index is 13.0. The van der Waals surface area contributed by atoms with E-state index < -0.39 is 0 Å². The first-order valence-electron chi connectivity index (χ1n) is 11.7. The van der Waals surface area contributed by atoms with Crippen LogP contribution in [-0.4, -0.2) is 56.2 Å². The first kappa shape index (κ1) is 24.3. The van der Waals surface area contributed by atoms with E-state index in [4.69, 9.17) is 9.15 Å². The van der Waals surface area contributed by atoms with Crippen molar-refractivity contribution in [3.05, 3.63) is 65.7 Å². The topological polar surface area (TPSA) is 103 Å². The highest BCUT2D eigenvalue weighted by Crippen LogP contribution is 2.31. The Morgan fingerprint density at radius 1 is 1.19 bits per heavy atom. The lowest BCUT2D eigenvalue weighted by atomic mass is 9.98. The number of thiophene rings is 1. The average molecular weight is 524 g/mol. The van der Waals surface area contributed by atoms with Gasteiger partial charge in [-0.3, -0.25) is 14.2 Å². The molecular formula is C25H25N5O4S2. The van der Waals surface area contributed by atoms with Crippen LogP contribution in [0.15, 0.2) is 63.7 Å². The van der Waals surface area contributed by atoms with E-state index in [9.17, 15) is 9.59 Å². The summed E-state index contributed by atoms with van der Waals surface area (Å²) in [7, 11) is 0. The number of benzene rings is 1. The molecule has 1 amide bonds. The highest BCUT2D eigenvalue weighted by molar-refractivity contribution is 7.98. The summed E-state index contributed by atoms with van der Waals surface area (Å²) in [5.41, 5.74) is 1.19. The minimum absolute atomic E-state index is 0.235. The molecule has 36 heavy (non-hydrogen) atoms. The lowest BCUT2D eigenvalue weighted by Gasteiger charge is -2.30. The van der Waals surface area contributed by atoms with Crippen molar-refractivity contribution < 1.29 is 18.7 Å². The molecule has 5 rings (SSSR count). The Labute approximate surface area is 216 Å². The van der Waals surface area contributed by atoms with Gasteiger partial charge in [-0.1, -0.05) is 36.0 Å². The third-order valence-corrected chi connectivity index (χ3v) is 7.59. The predicted octanol–water partition coefficient (Wildman–Crippen LogP) is 4.69. The number of ether oxygens (including phenoxy) is 1. The van der Waals surface area contributed by atoms with Gasteiger partial charge in [-0.2, -0.15) is 0 Å². The fraction of sp³-hybridized carbons (Fsp3) is 0.320. The molecule has 1 aromatic carbocycles. The smallest absolute Gasteiger partial charge is 0.310 e. The van der Waals surface area contributed by atoms with Crippen LogP contribution in [0, 0.1) is 5.92 Å². The third-order valence-electron chi connectivity index (χ3n) is 5.81. The van der Waals surface area contributed by atoms with Gasteiger partial charge in [0.05, 0.1) is 23.2 Å². The van der Waals surface area contributed by atoms with Crippen molar-refractivity contribution in [3.63, 3.8) is 0 Å². The number of hydrogen-bond acceptors (Lipinski definition) is 9. The summed E-state index contributed by atoms with van der Waals surface area (Å²) in [5, 5.41) is 11.5. The van der Waals surface area contributed by atoms with E-state index >= 15 is 0 Å². The molecule has 4 aromatic rings. The van der Waals surface area contributed by atoms with Gasteiger partial charge in [0.2, 0.25) is 5.89 Å². The monoisotopic (exact) mass is 523 g/mol. The van der Waals surface area contributed by atoms with Crippen molar-refractivity contribution in [1.29, 1.82) is 0 Å². The van der Waals surface area contributed by atoms with E-state index in [1.807, 2.05) is 52.4 Å². The van der Waals surface area contributed by atoms with E-state index in [1.165, 1.54) is 18.0 Å². The standard InChI is InChI=1S/C25H25N5O4S2/c1-2-33-24(32)17-8-6-12-29(14-17)23(31)19-15-34-21(26-19)16-36-25-28-27-22(20-11-7-13-35-20)30(25)18-9-4-3-5-10-18/h3-5,7,9-11,13,15,17H,2,6,8,12,14,16H2,1H3. The molecule has 1 fully saturated rings. The molecule has 0 spiro atoms. The van der Waals surface area contributed by atoms with Crippen molar-refractivity contribution in [1.82, 2.24) is 24.6 Å². The Bertz CT molecular complexity index is 1320. The molecule has 1 atom stereocenters. The molecule has 186 valence electrons. The van der Waals surface area contributed by atoms with Crippen LogP contribution in [0.2, 0.25) is 0 Å². The molecule has 0 bridgehead atoms. The first-order chi connectivity index (χ1) is 17.6. The van der Waals surface area contributed by atoms with Crippen LogP contribution < -0.4 is 0 Å². The van der Waals surface area contributed by atoms with Gasteiger partial charge >= 0.3 is 5.97 Å². The minimum atomic E-state index is -0.300. The number of carbonyl (C=O) groups excluding carboxylic acids is 2. The summed E-state index contributed by atoms with van der Waals surface area (Å²) in [6.07, 6.45) is 2.85. The fourth-order valence-corrected chi connectivity index (χ4v) is 5.62.